The minimum absolute atomic E-state index is 0.460. The van der Waals surface area contributed by atoms with E-state index in [1.54, 1.807) is 12.1 Å². The van der Waals surface area contributed by atoms with Gasteiger partial charge in [-0.3, -0.25) is 0 Å². The summed E-state index contributed by atoms with van der Waals surface area (Å²) in [4.78, 5) is 0. The highest BCUT2D eigenvalue weighted by Gasteiger charge is 2.55. The molecular formula is C43H58F4. The molecule has 0 radical (unpaired) electrons. The summed E-state index contributed by atoms with van der Waals surface area (Å²) in [5, 5.41) is 0. The van der Waals surface area contributed by atoms with Crippen molar-refractivity contribution < 1.29 is 17.6 Å². The van der Waals surface area contributed by atoms with Gasteiger partial charge in [0.1, 0.15) is 0 Å². The first-order valence-corrected chi connectivity index (χ1v) is 19.6. The molecule has 0 amide bonds. The molecule has 6 saturated carbocycles. The van der Waals surface area contributed by atoms with Gasteiger partial charge in [0.15, 0.2) is 23.3 Å². The van der Waals surface area contributed by atoms with Crippen molar-refractivity contribution in [3.8, 4) is 0 Å². The van der Waals surface area contributed by atoms with Crippen LogP contribution >= 0.6 is 0 Å². The van der Waals surface area contributed by atoms with Crippen LogP contribution in [0.5, 0.6) is 0 Å². The first-order chi connectivity index (χ1) is 22.7. The van der Waals surface area contributed by atoms with Crippen LogP contribution in [0.4, 0.5) is 17.6 Å². The van der Waals surface area contributed by atoms with Crippen LogP contribution in [0.25, 0.3) is 0 Å². The molecule has 0 aliphatic heterocycles. The Morgan fingerprint density at radius 3 is 1.26 bits per heavy atom. The van der Waals surface area contributed by atoms with E-state index >= 15 is 0 Å². The Kier molecular flexibility index (Phi) is 9.89. The normalized spacial score (nSPS) is 39.2. The molecule has 8 rings (SSSR count). The summed E-state index contributed by atoms with van der Waals surface area (Å²) in [6.45, 7) is 4.64. The van der Waals surface area contributed by atoms with Crippen molar-refractivity contribution in [3.63, 3.8) is 0 Å². The molecule has 0 heterocycles. The standard InChI is InChI=1S/C22H30F2.C21H28F2/c1-2-3-15-4-6-16(7-5-15)18-11-22(12-18)13-19(14-22)17-8-9-20(23)21(24)10-17;1-2-14-3-5-15(6-4-14)17-10-21(11-17)12-18(13-21)16-7-8-19(22)20(23)9-16/h8-10,15-16,18-19H,2-7,11-14H2,1H3;7-9,14-15,17-18H,2-6,10-13H2,1H3/t15?,16?,18-,19-,22?;. The Bertz CT molecular complexity index is 1340. The van der Waals surface area contributed by atoms with E-state index in [4.69, 9.17) is 0 Å². The van der Waals surface area contributed by atoms with Crippen LogP contribution in [0.1, 0.15) is 159 Å². The SMILES string of the molecule is CCC1CCC(C2CC3(CC(c4ccc(F)c(F)c4)C3)C2)CC1.CCCC1CCC([C@H]2CC3(C[C@H](c4ccc(F)c(F)c4)C3)C2)CC1. The van der Waals surface area contributed by atoms with Gasteiger partial charge in [0.25, 0.3) is 0 Å². The van der Waals surface area contributed by atoms with Gasteiger partial charge >= 0.3 is 0 Å². The lowest BCUT2D eigenvalue weighted by atomic mass is 9.45. The fraction of sp³-hybridized carbons (Fsp3) is 0.721. The van der Waals surface area contributed by atoms with Crippen LogP contribution in [0.2, 0.25) is 0 Å². The van der Waals surface area contributed by atoms with Gasteiger partial charge in [-0.05, 0) is 171 Å². The molecule has 6 aliphatic rings. The van der Waals surface area contributed by atoms with Gasteiger partial charge in [-0.1, -0.05) is 70.9 Å². The Morgan fingerprint density at radius 1 is 0.489 bits per heavy atom. The summed E-state index contributed by atoms with van der Waals surface area (Å²) < 4.78 is 52.9. The lowest BCUT2D eigenvalue weighted by Crippen LogP contribution is -2.49. The van der Waals surface area contributed by atoms with E-state index in [9.17, 15) is 17.6 Å². The van der Waals surface area contributed by atoms with E-state index in [0.717, 1.165) is 46.6 Å². The quantitative estimate of drug-likeness (QED) is 0.262. The summed E-state index contributed by atoms with van der Waals surface area (Å²) in [7, 11) is 0. The number of halogens is 4. The molecule has 2 spiro atoms. The highest BCUT2D eigenvalue weighted by atomic mass is 19.2. The fourth-order valence-corrected chi connectivity index (χ4v) is 11.8. The predicted molar refractivity (Wildman–Crippen MR) is 183 cm³/mol. The average molecular weight is 651 g/mol. The molecule has 0 bridgehead atoms. The zero-order valence-corrected chi connectivity index (χ0v) is 29.0. The lowest BCUT2D eigenvalue weighted by Gasteiger charge is -2.60. The van der Waals surface area contributed by atoms with Crippen molar-refractivity contribution >= 4 is 0 Å². The zero-order chi connectivity index (χ0) is 32.8. The molecule has 258 valence electrons. The molecule has 0 nitrogen and oxygen atoms in total. The number of hydrogen-bond donors (Lipinski definition) is 0. The van der Waals surface area contributed by atoms with Gasteiger partial charge < -0.3 is 0 Å². The van der Waals surface area contributed by atoms with Gasteiger partial charge in [-0.25, -0.2) is 17.6 Å². The molecule has 6 fully saturated rings. The Hall–Kier alpha value is -1.84. The van der Waals surface area contributed by atoms with Crippen LogP contribution in [-0.4, -0.2) is 0 Å². The molecule has 47 heavy (non-hydrogen) atoms. The molecule has 0 aromatic heterocycles. The van der Waals surface area contributed by atoms with E-state index in [0.29, 0.717) is 22.7 Å². The van der Waals surface area contributed by atoms with Crippen molar-refractivity contribution in [3.05, 3.63) is 70.8 Å². The summed E-state index contributed by atoms with van der Waals surface area (Å²) in [6.07, 6.45) is 26.1. The minimum atomic E-state index is -0.728. The summed E-state index contributed by atoms with van der Waals surface area (Å²) in [5.74, 6) is 3.94. The third-order valence-corrected chi connectivity index (χ3v) is 14.7. The average Bonchev–Trinajstić information content (AvgIpc) is 2.99. The van der Waals surface area contributed by atoms with Crippen LogP contribution in [0.15, 0.2) is 36.4 Å². The van der Waals surface area contributed by atoms with Crippen LogP contribution in [0, 0.1) is 69.6 Å². The molecular weight excluding hydrogens is 592 g/mol. The van der Waals surface area contributed by atoms with Crippen molar-refractivity contribution in [2.75, 3.05) is 0 Å². The van der Waals surface area contributed by atoms with E-state index in [1.165, 1.54) is 146 Å². The van der Waals surface area contributed by atoms with Crippen molar-refractivity contribution in [2.24, 2.45) is 46.3 Å². The predicted octanol–water partition coefficient (Wildman–Crippen LogP) is 13.3. The van der Waals surface area contributed by atoms with Crippen molar-refractivity contribution in [2.45, 2.75) is 148 Å². The summed E-state index contributed by atoms with van der Waals surface area (Å²) >= 11 is 0. The Morgan fingerprint density at radius 2 is 0.894 bits per heavy atom. The minimum Gasteiger partial charge on any atom is -0.204 e. The highest BCUT2D eigenvalue weighted by molar-refractivity contribution is 5.28. The number of rotatable bonds is 7. The first kappa shape index (κ1) is 33.6. The smallest absolute Gasteiger partial charge is 0.159 e. The number of benzene rings is 2. The van der Waals surface area contributed by atoms with E-state index in [2.05, 4.69) is 13.8 Å². The van der Waals surface area contributed by atoms with Gasteiger partial charge in [0, 0.05) is 0 Å². The van der Waals surface area contributed by atoms with Crippen molar-refractivity contribution in [1.29, 1.82) is 0 Å². The molecule has 2 aromatic rings. The molecule has 4 heteroatoms. The maximum Gasteiger partial charge on any atom is 0.159 e. The Balaban J connectivity index is 0.000000150. The molecule has 0 atom stereocenters. The Labute approximate surface area is 281 Å². The maximum atomic E-state index is 13.4. The second-order valence-electron chi connectivity index (χ2n) is 17.7. The van der Waals surface area contributed by atoms with Gasteiger partial charge in [-0.2, -0.15) is 0 Å². The van der Waals surface area contributed by atoms with Crippen LogP contribution in [0.3, 0.4) is 0 Å². The van der Waals surface area contributed by atoms with Gasteiger partial charge in [-0.15, -0.1) is 0 Å². The van der Waals surface area contributed by atoms with Gasteiger partial charge in [0.2, 0.25) is 0 Å². The van der Waals surface area contributed by atoms with E-state index in [1.807, 2.05) is 0 Å². The number of hydrogen-bond acceptors (Lipinski definition) is 0. The van der Waals surface area contributed by atoms with E-state index < -0.39 is 23.3 Å². The molecule has 6 aliphatic carbocycles. The molecule has 0 unspecified atom stereocenters. The molecule has 0 N–H and O–H groups in total. The van der Waals surface area contributed by atoms with Crippen molar-refractivity contribution in [1.82, 2.24) is 0 Å². The third-order valence-electron chi connectivity index (χ3n) is 14.7. The molecule has 2 aromatic carbocycles. The first-order valence-electron chi connectivity index (χ1n) is 19.6. The molecule has 0 saturated heterocycles. The monoisotopic (exact) mass is 650 g/mol. The highest BCUT2D eigenvalue weighted by Crippen LogP contribution is 2.67. The largest absolute Gasteiger partial charge is 0.204 e. The topological polar surface area (TPSA) is 0 Å². The van der Waals surface area contributed by atoms with Crippen LogP contribution in [-0.2, 0) is 0 Å². The fourth-order valence-electron chi connectivity index (χ4n) is 11.8. The summed E-state index contributed by atoms with van der Waals surface area (Å²) in [6, 6.07) is 8.95. The van der Waals surface area contributed by atoms with E-state index in [-0.39, 0.29) is 0 Å². The maximum absolute atomic E-state index is 13.4. The second kappa shape index (κ2) is 13.8. The lowest BCUT2D eigenvalue weighted by molar-refractivity contribution is -0.0727. The zero-order valence-electron chi connectivity index (χ0n) is 29.0. The van der Waals surface area contributed by atoms with Gasteiger partial charge in [0.05, 0.1) is 0 Å². The second-order valence-corrected chi connectivity index (χ2v) is 17.7. The third kappa shape index (κ3) is 7.10. The summed E-state index contributed by atoms with van der Waals surface area (Å²) in [5.41, 5.74) is 3.12. The van der Waals surface area contributed by atoms with Crippen LogP contribution < -0.4 is 0 Å².